The van der Waals surface area contributed by atoms with Crippen LogP contribution in [0.2, 0.25) is 0 Å². The summed E-state index contributed by atoms with van der Waals surface area (Å²) in [5.41, 5.74) is 5.87. The molecule has 1 heterocycles. The molecule has 1 aromatic heterocycles. The molecule has 0 bridgehead atoms. The first-order valence-electron chi connectivity index (χ1n) is 6.70. The minimum absolute atomic E-state index is 0.529. The van der Waals surface area contributed by atoms with Crippen LogP contribution in [0.15, 0.2) is 6.07 Å². The van der Waals surface area contributed by atoms with Gasteiger partial charge in [0.25, 0.3) is 0 Å². The van der Waals surface area contributed by atoms with Gasteiger partial charge in [-0.2, -0.15) is 11.8 Å². The average Bonchev–Trinajstić information content (AvgIpc) is 3.10. The van der Waals surface area contributed by atoms with Crippen LogP contribution in [0, 0.1) is 0 Å². The summed E-state index contributed by atoms with van der Waals surface area (Å²) in [5.74, 6) is 2.98. The van der Waals surface area contributed by atoms with Gasteiger partial charge in [0.1, 0.15) is 17.5 Å². The van der Waals surface area contributed by atoms with Crippen molar-refractivity contribution < 1.29 is 0 Å². The van der Waals surface area contributed by atoms with E-state index in [-0.39, 0.29) is 0 Å². The molecule has 0 aliphatic heterocycles. The second kappa shape index (κ2) is 4.96. The van der Waals surface area contributed by atoms with Gasteiger partial charge in [-0.3, -0.25) is 0 Å². The van der Waals surface area contributed by atoms with Crippen LogP contribution in [-0.4, -0.2) is 27.5 Å². The molecule has 2 aliphatic rings. The third kappa shape index (κ3) is 2.55. The number of nitrogens with one attached hydrogen (secondary N) is 1. The van der Waals surface area contributed by atoms with E-state index in [4.69, 9.17) is 5.73 Å². The number of aromatic nitrogens is 2. The maximum Gasteiger partial charge on any atom is 0.136 e. The Bertz CT molecular complexity index is 433. The van der Waals surface area contributed by atoms with Gasteiger partial charge in [-0.1, -0.05) is 6.42 Å². The molecule has 5 heteroatoms. The fraction of sp³-hybridized carbons (Fsp3) is 0.692. The molecular formula is C13H20N4S. The maximum atomic E-state index is 5.87. The van der Waals surface area contributed by atoms with Crippen molar-refractivity contribution in [1.29, 1.82) is 0 Å². The van der Waals surface area contributed by atoms with Gasteiger partial charge in [0.05, 0.1) is 0 Å². The van der Waals surface area contributed by atoms with Gasteiger partial charge in [0.2, 0.25) is 0 Å². The number of nitrogens with zero attached hydrogens (tertiary/aromatic N) is 2. The lowest BCUT2D eigenvalue weighted by molar-refractivity contribution is 0.759. The molecule has 2 aliphatic carbocycles. The van der Waals surface area contributed by atoms with Crippen molar-refractivity contribution in [2.45, 2.75) is 49.3 Å². The molecule has 2 saturated carbocycles. The molecule has 0 saturated heterocycles. The zero-order valence-corrected chi connectivity index (χ0v) is 11.5. The Kier molecular flexibility index (Phi) is 3.33. The summed E-state index contributed by atoms with van der Waals surface area (Å²) < 4.78 is 0. The fourth-order valence-electron chi connectivity index (χ4n) is 2.65. The van der Waals surface area contributed by atoms with Gasteiger partial charge in [-0.25, -0.2) is 9.97 Å². The second-order valence-electron chi connectivity index (χ2n) is 5.27. The molecule has 1 aromatic rings. The predicted octanol–water partition coefficient (Wildman–Crippen LogP) is 2.63. The summed E-state index contributed by atoms with van der Waals surface area (Å²) in [4.78, 5) is 8.95. The molecule has 2 atom stereocenters. The summed E-state index contributed by atoms with van der Waals surface area (Å²) in [6.45, 7) is 0. The van der Waals surface area contributed by atoms with Gasteiger partial charge >= 0.3 is 0 Å². The zero-order valence-electron chi connectivity index (χ0n) is 10.7. The van der Waals surface area contributed by atoms with Gasteiger partial charge in [-0.05, 0) is 31.9 Å². The largest absolute Gasteiger partial charge is 0.384 e. The van der Waals surface area contributed by atoms with Gasteiger partial charge in [-0.15, -0.1) is 0 Å². The molecule has 0 aromatic carbocycles. The number of thioether (sulfide) groups is 1. The van der Waals surface area contributed by atoms with Crippen molar-refractivity contribution in [1.82, 2.24) is 9.97 Å². The Labute approximate surface area is 112 Å². The Morgan fingerprint density at radius 1 is 1.28 bits per heavy atom. The van der Waals surface area contributed by atoms with Crippen LogP contribution in [0.5, 0.6) is 0 Å². The second-order valence-corrected chi connectivity index (χ2v) is 6.34. The molecule has 3 N–H and O–H groups in total. The molecule has 2 unspecified atom stereocenters. The van der Waals surface area contributed by atoms with Crippen LogP contribution >= 0.6 is 11.8 Å². The van der Waals surface area contributed by atoms with Crippen LogP contribution < -0.4 is 11.1 Å². The van der Waals surface area contributed by atoms with E-state index in [0.29, 0.717) is 23.0 Å². The number of nitrogen functional groups attached to an aromatic ring is 1. The van der Waals surface area contributed by atoms with E-state index in [9.17, 15) is 0 Å². The van der Waals surface area contributed by atoms with Crippen LogP contribution in [0.4, 0.5) is 11.6 Å². The Hall–Kier alpha value is -0.970. The lowest BCUT2D eigenvalue weighted by Crippen LogP contribution is -2.26. The first-order chi connectivity index (χ1) is 8.76. The standard InChI is InChI=1S/C13H20N4S/c1-18-10-4-2-3-9(10)15-12-7-11(14)16-13(17-12)8-5-6-8/h7-10H,2-6H2,1H3,(H3,14,15,16,17). The van der Waals surface area contributed by atoms with E-state index in [1.54, 1.807) is 0 Å². The number of nitrogens with two attached hydrogens (primary N) is 1. The van der Waals surface area contributed by atoms with Gasteiger partial charge < -0.3 is 11.1 Å². The quantitative estimate of drug-likeness (QED) is 0.875. The van der Waals surface area contributed by atoms with Crippen LogP contribution in [0.1, 0.15) is 43.8 Å². The van der Waals surface area contributed by atoms with Crippen molar-refractivity contribution in [3.05, 3.63) is 11.9 Å². The number of hydrogen-bond donors (Lipinski definition) is 2. The lowest BCUT2D eigenvalue weighted by atomic mass is 10.2. The fourth-order valence-corrected chi connectivity index (χ4v) is 3.58. The molecule has 0 radical (unpaired) electrons. The third-order valence-corrected chi connectivity index (χ3v) is 4.96. The van der Waals surface area contributed by atoms with Crippen molar-refractivity contribution in [3.63, 3.8) is 0 Å². The van der Waals surface area contributed by atoms with Crippen LogP contribution in [0.25, 0.3) is 0 Å². The summed E-state index contributed by atoms with van der Waals surface area (Å²) in [6.07, 6.45) is 8.44. The third-order valence-electron chi connectivity index (χ3n) is 3.79. The van der Waals surface area contributed by atoms with Gasteiger partial charge in [0.15, 0.2) is 0 Å². The summed E-state index contributed by atoms with van der Waals surface area (Å²) in [6, 6.07) is 2.39. The van der Waals surface area contributed by atoms with E-state index in [2.05, 4.69) is 21.5 Å². The summed E-state index contributed by atoms with van der Waals surface area (Å²) in [5, 5.41) is 4.25. The van der Waals surface area contributed by atoms with Crippen molar-refractivity contribution in [2.75, 3.05) is 17.3 Å². The Morgan fingerprint density at radius 2 is 2.11 bits per heavy atom. The SMILES string of the molecule is CSC1CCCC1Nc1cc(N)nc(C2CC2)n1. The van der Waals surface area contributed by atoms with E-state index in [1.807, 2.05) is 17.8 Å². The highest BCUT2D eigenvalue weighted by Gasteiger charge is 2.29. The molecular weight excluding hydrogens is 244 g/mol. The highest BCUT2D eigenvalue weighted by molar-refractivity contribution is 7.99. The molecule has 3 rings (SSSR count). The summed E-state index contributed by atoms with van der Waals surface area (Å²) in [7, 11) is 0. The number of rotatable bonds is 4. The highest BCUT2D eigenvalue weighted by Crippen LogP contribution is 2.39. The van der Waals surface area contributed by atoms with Crippen molar-refractivity contribution in [3.8, 4) is 0 Å². The topological polar surface area (TPSA) is 63.8 Å². The van der Waals surface area contributed by atoms with Crippen LogP contribution in [-0.2, 0) is 0 Å². The summed E-state index contributed by atoms with van der Waals surface area (Å²) >= 11 is 1.95. The number of hydrogen-bond acceptors (Lipinski definition) is 5. The monoisotopic (exact) mass is 264 g/mol. The minimum atomic E-state index is 0.529. The van der Waals surface area contributed by atoms with E-state index in [0.717, 1.165) is 11.6 Å². The van der Waals surface area contributed by atoms with Crippen molar-refractivity contribution >= 4 is 23.4 Å². The molecule has 98 valence electrons. The molecule has 4 nitrogen and oxygen atoms in total. The lowest BCUT2D eigenvalue weighted by Gasteiger charge is -2.20. The first kappa shape index (κ1) is 12.1. The maximum absolute atomic E-state index is 5.87. The van der Waals surface area contributed by atoms with E-state index < -0.39 is 0 Å². The molecule has 0 spiro atoms. The smallest absolute Gasteiger partial charge is 0.136 e. The van der Waals surface area contributed by atoms with Crippen LogP contribution in [0.3, 0.4) is 0 Å². The van der Waals surface area contributed by atoms with Crippen molar-refractivity contribution in [2.24, 2.45) is 0 Å². The Balaban J connectivity index is 1.75. The van der Waals surface area contributed by atoms with E-state index in [1.165, 1.54) is 32.1 Å². The average molecular weight is 264 g/mol. The highest BCUT2D eigenvalue weighted by atomic mass is 32.2. The van der Waals surface area contributed by atoms with Gasteiger partial charge in [0, 0.05) is 23.3 Å². The Morgan fingerprint density at radius 3 is 2.83 bits per heavy atom. The number of anilines is 2. The zero-order chi connectivity index (χ0) is 12.5. The molecule has 2 fully saturated rings. The first-order valence-corrected chi connectivity index (χ1v) is 7.99. The predicted molar refractivity (Wildman–Crippen MR) is 77.0 cm³/mol. The normalized spacial score (nSPS) is 27.4. The van der Waals surface area contributed by atoms with E-state index >= 15 is 0 Å². The molecule has 18 heavy (non-hydrogen) atoms. The minimum Gasteiger partial charge on any atom is -0.384 e. The molecule has 0 amide bonds.